The summed E-state index contributed by atoms with van der Waals surface area (Å²) in [5.74, 6) is 0.413. The van der Waals surface area contributed by atoms with Gasteiger partial charge in [-0.2, -0.15) is 0 Å². The highest BCUT2D eigenvalue weighted by molar-refractivity contribution is 9.10. The van der Waals surface area contributed by atoms with E-state index in [1.54, 1.807) is 12.1 Å². The molecule has 122 valence electrons. The second-order valence-corrected chi connectivity index (χ2v) is 5.77. The van der Waals surface area contributed by atoms with Crippen LogP contribution in [0.15, 0.2) is 53.0 Å². The molecular weight excluding hydrogens is 358 g/mol. The van der Waals surface area contributed by atoms with Crippen molar-refractivity contribution in [1.29, 1.82) is 0 Å². The number of hydrogen-bond acceptors (Lipinski definition) is 3. The van der Waals surface area contributed by atoms with Gasteiger partial charge in [-0.15, -0.1) is 0 Å². The topological polar surface area (TPSA) is 47.6 Å². The molecule has 0 radical (unpaired) electrons. The minimum Gasteiger partial charge on any atom is -0.490 e. The van der Waals surface area contributed by atoms with Gasteiger partial charge in [0.2, 0.25) is 0 Å². The van der Waals surface area contributed by atoms with E-state index >= 15 is 0 Å². The van der Waals surface area contributed by atoms with Crippen molar-refractivity contribution in [2.45, 2.75) is 13.5 Å². The Morgan fingerprint density at radius 3 is 2.74 bits per heavy atom. The van der Waals surface area contributed by atoms with Gasteiger partial charge in [-0.05, 0) is 36.8 Å². The van der Waals surface area contributed by atoms with Crippen LogP contribution in [-0.2, 0) is 11.3 Å². The van der Waals surface area contributed by atoms with Gasteiger partial charge in [0.25, 0.3) is 5.91 Å². The van der Waals surface area contributed by atoms with Crippen molar-refractivity contribution in [3.8, 4) is 5.75 Å². The maximum atomic E-state index is 12.4. The van der Waals surface area contributed by atoms with Crippen LogP contribution in [0.2, 0.25) is 0 Å². The lowest BCUT2D eigenvalue weighted by atomic mass is 10.1. The number of nitrogens with one attached hydrogen (secondary N) is 1. The van der Waals surface area contributed by atoms with Gasteiger partial charge in [-0.3, -0.25) is 4.79 Å². The number of carbonyl (C=O) groups is 1. The molecule has 23 heavy (non-hydrogen) atoms. The average molecular weight is 378 g/mol. The van der Waals surface area contributed by atoms with Crippen molar-refractivity contribution in [2.75, 3.05) is 19.8 Å². The van der Waals surface area contributed by atoms with Gasteiger partial charge in [-0.1, -0.05) is 40.2 Å². The van der Waals surface area contributed by atoms with E-state index in [9.17, 15) is 4.79 Å². The van der Waals surface area contributed by atoms with E-state index < -0.39 is 0 Å². The molecule has 2 rings (SSSR count). The van der Waals surface area contributed by atoms with Gasteiger partial charge in [0, 0.05) is 17.6 Å². The number of para-hydroxylation sites is 1. The van der Waals surface area contributed by atoms with E-state index in [0.29, 0.717) is 37.7 Å². The summed E-state index contributed by atoms with van der Waals surface area (Å²) in [6, 6.07) is 15.1. The summed E-state index contributed by atoms with van der Waals surface area (Å²) in [6.45, 7) is 3.97. The second kappa shape index (κ2) is 9.33. The van der Waals surface area contributed by atoms with E-state index in [2.05, 4.69) is 21.2 Å². The molecule has 0 aliphatic carbocycles. The van der Waals surface area contributed by atoms with Gasteiger partial charge >= 0.3 is 0 Å². The first-order valence-electron chi connectivity index (χ1n) is 7.53. The molecule has 0 aromatic heterocycles. The molecule has 0 aliphatic heterocycles. The van der Waals surface area contributed by atoms with Crippen LogP contribution < -0.4 is 10.1 Å². The summed E-state index contributed by atoms with van der Waals surface area (Å²) in [6.07, 6.45) is 0. The standard InChI is InChI=1S/C18H20BrNO3/c1-2-22-10-11-23-17-9-4-3-8-16(17)18(21)20-13-14-6-5-7-15(19)12-14/h3-9,12H,2,10-11,13H2,1H3,(H,20,21). The van der Waals surface area contributed by atoms with Gasteiger partial charge in [0.05, 0.1) is 12.2 Å². The van der Waals surface area contributed by atoms with Crippen molar-refractivity contribution >= 4 is 21.8 Å². The molecule has 0 atom stereocenters. The average Bonchev–Trinajstić information content (AvgIpc) is 2.57. The van der Waals surface area contributed by atoms with Crippen LogP contribution >= 0.6 is 15.9 Å². The fourth-order valence-corrected chi connectivity index (χ4v) is 2.51. The zero-order valence-electron chi connectivity index (χ0n) is 13.0. The number of carbonyl (C=O) groups excluding carboxylic acids is 1. The molecule has 0 saturated heterocycles. The van der Waals surface area contributed by atoms with Gasteiger partial charge < -0.3 is 14.8 Å². The summed E-state index contributed by atoms with van der Waals surface area (Å²) in [5.41, 5.74) is 1.56. The first kappa shape index (κ1) is 17.5. The Labute approximate surface area is 144 Å². The van der Waals surface area contributed by atoms with Crippen LogP contribution in [0.25, 0.3) is 0 Å². The Hall–Kier alpha value is -1.85. The van der Waals surface area contributed by atoms with Crippen LogP contribution in [0.1, 0.15) is 22.8 Å². The van der Waals surface area contributed by atoms with Gasteiger partial charge in [0.15, 0.2) is 0 Å². The maximum absolute atomic E-state index is 12.4. The molecule has 0 bridgehead atoms. The molecule has 1 amide bonds. The lowest BCUT2D eigenvalue weighted by molar-refractivity contribution is 0.0934. The molecule has 0 unspecified atom stereocenters. The van der Waals surface area contributed by atoms with E-state index in [-0.39, 0.29) is 5.91 Å². The first-order chi connectivity index (χ1) is 11.2. The van der Waals surface area contributed by atoms with Gasteiger partial charge in [0.1, 0.15) is 12.4 Å². The number of halogens is 1. The lowest BCUT2D eigenvalue weighted by Gasteiger charge is -2.12. The quantitative estimate of drug-likeness (QED) is 0.711. The summed E-state index contributed by atoms with van der Waals surface area (Å²) in [4.78, 5) is 12.4. The molecule has 2 aromatic carbocycles. The smallest absolute Gasteiger partial charge is 0.255 e. The monoisotopic (exact) mass is 377 g/mol. The molecule has 2 aromatic rings. The zero-order valence-corrected chi connectivity index (χ0v) is 14.6. The Morgan fingerprint density at radius 1 is 1.13 bits per heavy atom. The van der Waals surface area contributed by atoms with Crippen molar-refractivity contribution < 1.29 is 14.3 Å². The summed E-state index contributed by atoms with van der Waals surface area (Å²) >= 11 is 3.42. The van der Waals surface area contributed by atoms with Gasteiger partial charge in [-0.25, -0.2) is 0 Å². The highest BCUT2D eigenvalue weighted by Gasteiger charge is 2.11. The van der Waals surface area contributed by atoms with Crippen LogP contribution in [0, 0.1) is 0 Å². The third-order valence-corrected chi connectivity index (χ3v) is 3.66. The minimum absolute atomic E-state index is 0.156. The van der Waals surface area contributed by atoms with E-state index in [1.807, 2.05) is 43.3 Å². The summed E-state index contributed by atoms with van der Waals surface area (Å²) in [7, 11) is 0. The van der Waals surface area contributed by atoms with E-state index in [1.165, 1.54) is 0 Å². The summed E-state index contributed by atoms with van der Waals surface area (Å²) in [5, 5.41) is 2.91. The molecule has 0 aliphatic rings. The molecule has 5 heteroatoms. The van der Waals surface area contributed by atoms with Crippen molar-refractivity contribution in [3.63, 3.8) is 0 Å². The molecule has 0 fully saturated rings. The highest BCUT2D eigenvalue weighted by Crippen LogP contribution is 2.18. The third kappa shape index (κ3) is 5.69. The Balaban J connectivity index is 1.95. The lowest BCUT2D eigenvalue weighted by Crippen LogP contribution is -2.23. The second-order valence-electron chi connectivity index (χ2n) is 4.85. The largest absolute Gasteiger partial charge is 0.490 e. The summed E-state index contributed by atoms with van der Waals surface area (Å²) < 4.78 is 11.9. The molecular formula is C18H20BrNO3. The molecule has 0 spiro atoms. The number of rotatable bonds is 8. The number of benzene rings is 2. The van der Waals surface area contributed by atoms with Crippen LogP contribution in [-0.4, -0.2) is 25.7 Å². The van der Waals surface area contributed by atoms with E-state index in [0.717, 1.165) is 10.0 Å². The zero-order chi connectivity index (χ0) is 16.5. The minimum atomic E-state index is -0.156. The van der Waals surface area contributed by atoms with E-state index in [4.69, 9.17) is 9.47 Å². The van der Waals surface area contributed by atoms with Crippen LogP contribution in [0.5, 0.6) is 5.75 Å². The molecule has 1 N–H and O–H groups in total. The fraction of sp³-hybridized carbons (Fsp3) is 0.278. The molecule has 0 heterocycles. The Morgan fingerprint density at radius 2 is 1.96 bits per heavy atom. The first-order valence-corrected chi connectivity index (χ1v) is 8.32. The molecule has 4 nitrogen and oxygen atoms in total. The highest BCUT2D eigenvalue weighted by atomic mass is 79.9. The Kier molecular flexibility index (Phi) is 7.10. The number of hydrogen-bond donors (Lipinski definition) is 1. The third-order valence-electron chi connectivity index (χ3n) is 3.16. The maximum Gasteiger partial charge on any atom is 0.255 e. The van der Waals surface area contributed by atoms with Crippen molar-refractivity contribution in [2.24, 2.45) is 0 Å². The fourth-order valence-electron chi connectivity index (χ4n) is 2.06. The van der Waals surface area contributed by atoms with Crippen molar-refractivity contribution in [1.82, 2.24) is 5.32 Å². The predicted molar refractivity (Wildman–Crippen MR) is 93.7 cm³/mol. The van der Waals surface area contributed by atoms with Crippen molar-refractivity contribution in [3.05, 3.63) is 64.1 Å². The Bertz CT molecular complexity index is 646. The number of amides is 1. The SMILES string of the molecule is CCOCCOc1ccccc1C(=O)NCc1cccc(Br)c1. The normalized spacial score (nSPS) is 10.3. The number of ether oxygens (including phenoxy) is 2. The molecule has 0 saturated carbocycles. The predicted octanol–water partition coefficient (Wildman–Crippen LogP) is 3.79. The van der Waals surface area contributed by atoms with Crippen LogP contribution in [0.4, 0.5) is 0 Å². The van der Waals surface area contributed by atoms with Crippen LogP contribution in [0.3, 0.4) is 0 Å².